The van der Waals surface area contributed by atoms with Crippen molar-refractivity contribution in [2.45, 2.75) is 6.42 Å². The molecule has 0 bridgehead atoms. The second kappa shape index (κ2) is 6.79. The minimum atomic E-state index is -0.537. The van der Waals surface area contributed by atoms with Gasteiger partial charge in [0.15, 0.2) is 11.5 Å². The highest BCUT2D eigenvalue weighted by Gasteiger charge is 2.28. The van der Waals surface area contributed by atoms with Crippen molar-refractivity contribution >= 4 is 17.7 Å². The second-order valence-corrected chi connectivity index (χ2v) is 5.06. The van der Waals surface area contributed by atoms with Gasteiger partial charge in [-0.1, -0.05) is 60.7 Å². The number of carbonyl (C=O) groups is 2. The molecule has 0 aliphatic carbocycles. The van der Waals surface area contributed by atoms with E-state index >= 15 is 0 Å². The lowest BCUT2D eigenvalue weighted by atomic mass is 10.1. The number of carbonyl (C=O) groups excluding carboxylic acids is 2. The number of nitrogens with one attached hydrogen (secondary N) is 2. The molecule has 1 heterocycles. The normalized spacial score (nSPS) is 15.8. The Kier molecular flexibility index (Phi) is 4.38. The summed E-state index contributed by atoms with van der Waals surface area (Å²) < 4.78 is 5.84. The van der Waals surface area contributed by atoms with Crippen molar-refractivity contribution in [3.05, 3.63) is 77.5 Å². The zero-order valence-corrected chi connectivity index (χ0v) is 12.4. The van der Waals surface area contributed by atoms with Gasteiger partial charge >= 0.3 is 6.03 Å². The Hall–Kier alpha value is -3.08. The topological polar surface area (TPSA) is 67.4 Å². The molecule has 5 nitrogen and oxygen atoms in total. The number of hydrogen-bond acceptors (Lipinski definition) is 3. The summed E-state index contributed by atoms with van der Waals surface area (Å²) in [6.07, 6.45) is 0.708. The van der Waals surface area contributed by atoms with E-state index in [1.165, 1.54) is 0 Å². The number of rotatable bonds is 5. The van der Waals surface area contributed by atoms with Crippen molar-refractivity contribution in [1.29, 1.82) is 0 Å². The maximum Gasteiger partial charge on any atom is 0.326 e. The van der Waals surface area contributed by atoms with Crippen LogP contribution in [0.15, 0.2) is 66.4 Å². The van der Waals surface area contributed by atoms with Crippen molar-refractivity contribution in [3.8, 4) is 0 Å². The van der Waals surface area contributed by atoms with Crippen molar-refractivity contribution in [1.82, 2.24) is 10.6 Å². The highest BCUT2D eigenvalue weighted by Crippen LogP contribution is 2.21. The number of urea groups is 1. The number of benzene rings is 2. The van der Waals surface area contributed by atoms with Gasteiger partial charge in [0.05, 0.1) is 6.61 Å². The third kappa shape index (κ3) is 3.58. The summed E-state index contributed by atoms with van der Waals surface area (Å²) in [7, 11) is 0. The van der Waals surface area contributed by atoms with Crippen LogP contribution in [-0.2, 0) is 16.0 Å². The zero-order valence-electron chi connectivity index (χ0n) is 12.4. The van der Waals surface area contributed by atoms with E-state index in [-0.39, 0.29) is 5.70 Å². The summed E-state index contributed by atoms with van der Waals surface area (Å²) in [4.78, 5) is 23.3. The van der Waals surface area contributed by atoms with Gasteiger partial charge in [0, 0.05) is 12.0 Å². The molecule has 0 unspecified atom stereocenters. The van der Waals surface area contributed by atoms with E-state index in [9.17, 15) is 9.59 Å². The smallest absolute Gasteiger partial charge is 0.326 e. The molecule has 0 atom stereocenters. The number of amides is 3. The van der Waals surface area contributed by atoms with E-state index in [0.717, 1.165) is 11.1 Å². The van der Waals surface area contributed by atoms with E-state index in [2.05, 4.69) is 10.6 Å². The molecule has 5 heteroatoms. The summed E-state index contributed by atoms with van der Waals surface area (Å²) in [5, 5.41) is 4.70. The lowest BCUT2D eigenvalue weighted by Gasteiger charge is -2.13. The molecule has 0 aromatic heterocycles. The molecule has 116 valence electrons. The molecule has 2 N–H and O–H groups in total. The van der Waals surface area contributed by atoms with Crippen LogP contribution >= 0.6 is 0 Å². The number of hydrogen-bond donors (Lipinski definition) is 2. The van der Waals surface area contributed by atoms with Gasteiger partial charge < -0.3 is 4.74 Å². The Morgan fingerprint density at radius 3 is 2.13 bits per heavy atom. The molecule has 23 heavy (non-hydrogen) atoms. The van der Waals surface area contributed by atoms with Gasteiger partial charge in [-0.15, -0.1) is 0 Å². The predicted molar refractivity (Wildman–Crippen MR) is 86.1 cm³/mol. The third-order valence-corrected chi connectivity index (χ3v) is 3.44. The summed E-state index contributed by atoms with van der Waals surface area (Å²) in [6, 6.07) is 18.6. The van der Waals surface area contributed by atoms with Gasteiger partial charge in [-0.05, 0) is 5.56 Å². The minimum Gasteiger partial charge on any atom is -0.490 e. The van der Waals surface area contributed by atoms with Crippen LogP contribution in [0.4, 0.5) is 4.79 Å². The van der Waals surface area contributed by atoms with Crippen LogP contribution in [0.5, 0.6) is 0 Å². The van der Waals surface area contributed by atoms with E-state index in [0.29, 0.717) is 18.8 Å². The highest BCUT2D eigenvalue weighted by atomic mass is 16.5. The summed E-state index contributed by atoms with van der Waals surface area (Å²) in [5.41, 5.74) is 2.03. The first kappa shape index (κ1) is 14.8. The predicted octanol–water partition coefficient (Wildman–Crippen LogP) is 2.45. The van der Waals surface area contributed by atoms with Gasteiger partial charge in [-0.2, -0.15) is 0 Å². The Morgan fingerprint density at radius 2 is 1.52 bits per heavy atom. The molecule has 1 aliphatic rings. The first-order chi connectivity index (χ1) is 11.2. The fourth-order valence-corrected chi connectivity index (χ4v) is 2.33. The van der Waals surface area contributed by atoms with Crippen molar-refractivity contribution in [2.24, 2.45) is 0 Å². The Bertz CT molecular complexity index is 739. The lowest BCUT2D eigenvalue weighted by molar-refractivity contribution is -0.115. The average molecular weight is 308 g/mol. The van der Waals surface area contributed by atoms with Crippen LogP contribution in [0.2, 0.25) is 0 Å². The van der Waals surface area contributed by atoms with Crippen LogP contribution in [-0.4, -0.2) is 18.5 Å². The van der Waals surface area contributed by atoms with Gasteiger partial charge in [0.1, 0.15) is 0 Å². The maximum atomic E-state index is 11.9. The van der Waals surface area contributed by atoms with Gasteiger partial charge in [0.25, 0.3) is 5.91 Å². The molecule has 0 spiro atoms. The van der Waals surface area contributed by atoms with Gasteiger partial charge in [0.2, 0.25) is 0 Å². The Morgan fingerprint density at radius 1 is 0.870 bits per heavy atom. The fraction of sp³-hybridized carbons (Fsp3) is 0.111. The first-order valence-corrected chi connectivity index (χ1v) is 7.33. The zero-order chi connectivity index (χ0) is 16.1. The van der Waals surface area contributed by atoms with Crippen molar-refractivity contribution in [3.63, 3.8) is 0 Å². The molecule has 2 aromatic carbocycles. The molecule has 0 saturated carbocycles. The van der Waals surface area contributed by atoms with Crippen LogP contribution < -0.4 is 10.6 Å². The van der Waals surface area contributed by atoms with E-state index in [4.69, 9.17) is 4.74 Å². The quantitative estimate of drug-likeness (QED) is 0.506. The molecular weight excluding hydrogens is 292 g/mol. The van der Waals surface area contributed by atoms with Crippen LogP contribution in [0, 0.1) is 0 Å². The third-order valence-electron chi connectivity index (χ3n) is 3.44. The van der Waals surface area contributed by atoms with E-state index < -0.39 is 11.9 Å². The molecule has 0 radical (unpaired) electrons. The first-order valence-electron chi connectivity index (χ1n) is 7.33. The summed E-state index contributed by atoms with van der Waals surface area (Å²) in [6.45, 7) is 0.404. The monoisotopic (exact) mass is 308 g/mol. The second-order valence-electron chi connectivity index (χ2n) is 5.06. The molecule has 1 saturated heterocycles. The fourth-order valence-electron chi connectivity index (χ4n) is 2.33. The van der Waals surface area contributed by atoms with Crippen molar-refractivity contribution < 1.29 is 14.3 Å². The Balaban J connectivity index is 1.81. The molecule has 1 aliphatic heterocycles. The lowest BCUT2D eigenvalue weighted by Crippen LogP contribution is -2.22. The molecule has 3 rings (SSSR count). The molecule has 1 fully saturated rings. The van der Waals surface area contributed by atoms with Gasteiger partial charge in [-0.25, -0.2) is 4.79 Å². The average Bonchev–Trinajstić information content (AvgIpc) is 2.91. The largest absolute Gasteiger partial charge is 0.490 e. The van der Waals surface area contributed by atoms with Gasteiger partial charge in [-0.3, -0.25) is 15.4 Å². The van der Waals surface area contributed by atoms with E-state index in [1.807, 2.05) is 60.7 Å². The molecule has 3 amide bonds. The summed E-state index contributed by atoms with van der Waals surface area (Å²) in [5.74, 6) is -0.0987. The Labute approximate surface area is 134 Å². The van der Waals surface area contributed by atoms with Crippen LogP contribution in [0.25, 0.3) is 5.76 Å². The number of imide groups is 1. The van der Waals surface area contributed by atoms with E-state index in [1.54, 1.807) is 0 Å². The van der Waals surface area contributed by atoms with Crippen molar-refractivity contribution in [2.75, 3.05) is 6.61 Å². The van der Waals surface area contributed by atoms with Crippen LogP contribution in [0.1, 0.15) is 11.1 Å². The standard InChI is InChI=1S/C18H16N2O3/c21-17-15(19-18(22)20-17)16(14-9-5-2-6-10-14)23-12-11-13-7-3-1-4-8-13/h1-10H,11-12H2,(H2,19,20,21,22). The highest BCUT2D eigenvalue weighted by molar-refractivity contribution is 6.15. The summed E-state index contributed by atoms with van der Waals surface area (Å²) >= 11 is 0. The minimum absolute atomic E-state index is 0.147. The van der Waals surface area contributed by atoms with Crippen LogP contribution in [0.3, 0.4) is 0 Å². The molecular formula is C18H16N2O3. The SMILES string of the molecule is O=C1NC(=O)C(=C(OCCc2ccccc2)c2ccccc2)N1. The molecule has 2 aromatic rings. The maximum absolute atomic E-state index is 11.9. The number of ether oxygens (including phenoxy) is 1.